The molecular weight excluding hydrogens is 352 g/mol. The van der Waals surface area contributed by atoms with Crippen molar-refractivity contribution in [3.8, 4) is 33.8 Å². The number of benzene rings is 3. The van der Waals surface area contributed by atoms with Crippen LogP contribution in [0.3, 0.4) is 0 Å². The summed E-state index contributed by atoms with van der Waals surface area (Å²) in [4.78, 5) is 0. The van der Waals surface area contributed by atoms with Crippen LogP contribution in [0.25, 0.3) is 22.3 Å². The van der Waals surface area contributed by atoms with E-state index in [4.69, 9.17) is 18.9 Å². The van der Waals surface area contributed by atoms with Gasteiger partial charge in [0.15, 0.2) is 11.5 Å². The standard InChI is InChI=1S/C24H24O4/c1-23(25-3)24(2,26-4)28-22-16-18(14-15-21(22)27-23)20-13-9-8-12-19(20)17-10-6-5-7-11-17/h5-16H,1-4H3. The van der Waals surface area contributed by atoms with Crippen molar-refractivity contribution >= 4 is 0 Å². The highest BCUT2D eigenvalue weighted by molar-refractivity contribution is 5.84. The van der Waals surface area contributed by atoms with Crippen molar-refractivity contribution < 1.29 is 18.9 Å². The van der Waals surface area contributed by atoms with E-state index in [0.29, 0.717) is 11.5 Å². The second-order valence-corrected chi connectivity index (χ2v) is 7.08. The Morgan fingerprint density at radius 1 is 0.607 bits per heavy atom. The highest BCUT2D eigenvalue weighted by Crippen LogP contribution is 2.46. The van der Waals surface area contributed by atoms with Gasteiger partial charge in [-0.3, -0.25) is 0 Å². The van der Waals surface area contributed by atoms with Gasteiger partial charge in [0, 0.05) is 28.1 Å². The Balaban J connectivity index is 1.79. The average molecular weight is 376 g/mol. The van der Waals surface area contributed by atoms with E-state index >= 15 is 0 Å². The monoisotopic (exact) mass is 376 g/mol. The molecule has 4 nitrogen and oxygen atoms in total. The van der Waals surface area contributed by atoms with Crippen LogP contribution in [0.1, 0.15) is 13.8 Å². The van der Waals surface area contributed by atoms with Gasteiger partial charge in [0.2, 0.25) is 0 Å². The lowest BCUT2D eigenvalue weighted by Gasteiger charge is -2.46. The summed E-state index contributed by atoms with van der Waals surface area (Å²) in [6, 6.07) is 24.6. The minimum Gasteiger partial charge on any atom is -0.452 e. The predicted molar refractivity (Wildman–Crippen MR) is 109 cm³/mol. The highest BCUT2D eigenvalue weighted by atomic mass is 16.8. The quantitative estimate of drug-likeness (QED) is 0.601. The molecular formula is C24H24O4. The van der Waals surface area contributed by atoms with Gasteiger partial charge < -0.3 is 18.9 Å². The van der Waals surface area contributed by atoms with Crippen molar-refractivity contribution in [2.75, 3.05) is 14.2 Å². The number of hydrogen-bond donors (Lipinski definition) is 0. The zero-order valence-corrected chi connectivity index (χ0v) is 16.6. The molecule has 0 aromatic heterocycles. The fraction of sp³-hybridized carbons (Fsp3) is 0.250. The molecule has 4 rings (SSSR count). The third kappa shape index (κ3) is 2.95. The first-order valence-corrected chi connectivity index (χ1v) is 9.27. The summed E-state index contributed by atoms with van der Waals surface area (Å²) >= 11 is 0. The molecule has 1 heterocycles. The Hall–Kier alpha value is -2.82. The topological polar surface area (TPSA) is 36.9 Å². The Morgan fingerprint density at radius 2 is 1.14 bits per heavy atom. The number of hydrogen-bond acceptors (Lipinski definition) is 4. The second kappa shape index (κ2) is 6.97. The van der Waals surface area contributed by atoms with E-state index in [1.54, 1.807) is 21.1 Å². The smallest absolute Gasteiger partial charge is 0.273 e. The van der Waals surface area contributed by atoms with Crippen LogP contribution in [-0.2, 0) is 9.47 Å². The fourth-order valence-electron chi connectivity index (χ4n) is 3.50. The Morgan fingerprint density at radius 3 is 1.75 bits per heavy atom. The second-order valence-electron chi connectivity index (χ2n) is 7.08. The average Bonchev–Trinajstić information content (AvgIpc) is 2.75. The number of methoxy groups -OCH3 is 2. The van der Waals surface area contributed by atoms with Crippen LogP contribution in [-0.4, -0.2) is 25.8 Å². The summed E-state index contributed by atoms with van der Waals surface area (Å²) in [5.74, 6) is -0.885. The lowest BCUT2D eigenvalue weighted by atomic mass is 9.94. The molecule has 1 aliphatic heterocycles. The van der Waals surface area contributed by atoms with Crippen LogP contribution >= 0.6 is 0 Å². The van der Waals surface area contributed by atoms with Crippen molar-refractivity contribution in [2.45, 2.75) is 25.4 Å². The number of fused-ring (bicyclic) bond motifs is 1. The molecule has 0 saturated carbocycles. The molecule has 0 spiro atoms. The minimum absolute atomic E-state index is 0.624. The molecule has 4 heteroatoms. The molecule has 0 radical (unpaired) electrons. The number of rotatable bonds is 4. The highest BCUT2D eigenvalue weighted by Gasteiger charge is 2.54. The van der Waals surface area contributed by atoms with E-state index in [1.165, 1.54) is 5.56 Å². The lowest BCUT2D eigenvalue weighted by molar-refractivity contribution is -0.345. The maximum atomic E-state index is 6.21. The van der Waals surface area contributed by atoms with E-state index in [-0.39, 0.29) is 0 Å². The number of ether oxygens (including phenoxy) is 4. The van der Waals surface area contributed by atoms with Gasteiger partial charge in [-0.1, -0.05) is 60.7 Å². The van der Waals surface area contributed by atoms with Crippen LogP contribution < -0.4 is 9.47 Å². The molecule has 144 valence electrons. The molecule has 0 amide bonds. The van der Waals surface area contributed by atoms with Crippen molar-refractivity contribution in [3.63, 3.8) is 0 Å². The molecule has 3 aromatic rings. The van der Waals surface area contributed by atoms with Crippen molar-refractivity contribution in [3.05, 3.63) is 72.8 Å². The summed E-state index contributed by atoms with van der Waals surface area (Å²) in [5.41, 5.74) is 4.50. The van der Waals surface area contributed by atoms with Crippen molar-refractivity contribution in [1.29, 1.82) is 0 Å². The van der Waals surface area contributed by atoms with Gasteiger partial charge in [-0.05, 0) is 34.4 Å². The van der Waals surface area contributed by atoms with Crippen LogP contribution in [0, 0.1) is 0 Å². The van der Waals surface area contributed by atoms with Gasteiger partial charge in [-0.25, -0.2) is 0 Å². The Kier molecular flexibility index (Phi) is 4.61. The molecule has 0 aliphatic carbocycles. The SMILES string of the molecule is COC1(C)Oc2ccc(-c3ccccc3-c3ccccc3)cc2OC1(C)OC. The third-order valence-corrected chi connectivity index (χ3v) is 5.48. The summed E-state index contributed by atoms with van der Waals surface area (Å²) in [5, 5.41) is 0. The van der Waals surface area contributed by atoms with E-state index in [9.17, 15) is 0 Å². The van der Waals surface area contributed by atoms with E-state index in [2.05, 4.69) is 30.3 Å². The maximum Gasteiger partial charge on any atom is 0.273 e. The molecule has 2 unspecified atom stereocenters. The first kappa shape index (κ1) is 18.5. The molecule has 0 fully saturated rings. The summed E-state index contributed by atoms with van der Waals surface area (Å²) in [6.07, 6.45) is 0. The van der Waals surface area contributed by atoms with Gasteiger partial charge in [0.1, 0.15) is 0 Å². The molecule has 3 aromatic carbocycles. The summed E-state index contributed by atoms with van der Waals surface area (Å²) in [7, 11) is 3.16. The Labute approximate surface area is 165 Å². The van der Waals surface area contributed by atoms with Crippen molar-refractivity contribution in [1.82, 2.24) is 0 Å². The van der Waals surface area contributed by atoms with Gasteiger partial charge >= 0.3 is 0 Å². The van der Waals surface area contributed by atoms with Crippen LogP contribution in [0.2, 0.25) is 0 Å². The summed E-state index contributed by atoms with van der Waals surface area (Å²) < 4.78 is 23.5. The maximum absolute atomic E-state index is 6.21. The third-order valence-electron chi connectivity index (χ3n) is 5.48. The first-order chi connectivity index (χ1) is 13.5. The molecule has 1 aliphatic rings. The predicted octanol–water partition coefficient (Wildman–Crippen LogP) is 5.52. The minimum atomic E-state index is -1.08. The van der Waals surface area contributed by atoms with Crippen LogP contribution in [0.5, 0.6) is 11.5 Å². The lowest BCUT2D eigenvalue weighted by Crippen LogP contribution is -2.62. The molecule has 28 heavy (non-hydrogen) atoms. The van der Waals surface area contributed by atoms with Crippen LogP contribution in [0.15, 0.2) is 72.8 Å². The molecule has 2 atom stereocenters. The zero-order valence-electron chi connectivity index (χ0n) is 16.6. The van der Waals surface area contributed by atoms with E-state index < -0.39 is 11.6 Å². The van der Waals surface area contributed by atoms with Gasteiger partial charge in [0.05, 0.1) is 0 Å². The first-order valence-electron chi connectivity index (χ1n) is 9.27. The molecule has 0 N–H and O–H groups in total. The molecule has 0 bridgehead atoms. The molecule has 0 saturated heterocycles. The zero-order chi connectivity index (χ0) is 19.8. The summed E-state index contributed by atoms with van der Waals surface area (Å²) in [6.45, 7) is 3.61. The van der Waals surface area contributed by atoms with Gasteiger partial charge in [-0.15, -0.1) is 0 Å². The normalized spacial score (nSPS) is 23.4. The van der Waals surface area contributed by atoms with Crippen molar-refractivity contribution in [2.24, 2.45) is 0 Å². The van der Waals surface area contributed by atoms with Gasteiger partial charge in [-0.2, -0.15) is 0 Å². The van der Waals surface area contributed by atoms with Gasteiger partial charge in [0.25, 0.3) is 11.6 Å². The van der Waals surface area contributed by atoms with Crippen LogP contribution in [0.4, 0.5) is 0 Å². The van der Waals surface area contributed by atoms with E-state index in [1.807, 2.05) is 49.4 Å². The van der Waals surface area contributed by atoms with E-state index in [0.717, 1.165) is 16.7 Å². The Bertz CT molecular complexity index is 985. The fourth-order valence-corrected chi connectivity index (χ4v) is 3.50. The largest absolute Gasteiger partial charge is 0.452 e.